The van der Waals surface area contributed by atoms with E-state index < -0.39 is 34.8 Å². The van der Waals surface area contributed by atoms with Crippen molar-refractivity contribution in [1.82, 2.24) is 9.55 Å². The van der Waals surface area contributed by atoms with Crippen molar-refractivity contribution in [3.05, 3.63) is 39.0 Å². The molecule has 1 fully saturated rings. The minimum absolute atomic E-state index is 0. The van der Waals surface area contributed by atoms with Crippen molar-refractivity contribution in [3.63, 3.8) is 0 Å². The number of hydrogen-bond donors (Lipinski definition) is 3. The van der Waals surface area contributed by atoms with E-state index in [0.29, 0.717) is 5.92 Å². The summed E-state index contributed by atoms with van der Waals surface area (Å²) in [5, 5.41) is 20.1. The molecule has 0 spiro atoms. The third-order valence-electron chi connectivity index (χ3n) is 4.47. The Balaban J connectivity index is 0.00000220. The molecular weight excluding hydrogens is 448 g/mol. The van der Waals surface area contributed by atoms with E-state index in [2.05, 4.69) is 4.98 Å². The Labute approximate surface area is 136 Å². The van der Waals surface area contributed by atoms with E-state index >= 15 is 0 Å². The summed E-state index contributed by atoms with van der Waals surface area (Å²) in [5.41, 5.74) is -5.09. The van der Waals surface area contributed by atoms with Gasteiger partial charge in [-0.05, 0) is 19.4 Å². The SMILES string of the molecule is C[C-]1C(C)(n2ccc(=O)[nH]c2=O)OC(C)(CO)C1(C)O.[W]. The zero-order valence-electron chi connectivity index (χ0n) is 12.3. The summed E-state index contributed by atoms with van der Waals surface area (Å²) in [7, 11) is 0. The second-order valence-electron chi connectivity index (χ2n) is 5.65. The third kappa shape index (κ3) is 2.46. The van der Waals surface area contributed by atoms with Crippen molar-refractivity contribution in [2.75, 3.05) is 6.61 Å². The molecule has 1 aromatic heterocycles. The number of nitrogens with one attached hydrogen (secondary N) is 1. The van der Waals surface area contributed by atoms with E-state index in [9.17, 15) is 19.8 Å². The molecule has 0 saturated carbocycles. The minimum atomic E-state index is -1.42. The van der Waals surface area contributed by atoms with Crippen LogP contribution in [0.4, 0.5) is 0 Å². The molecule has 118 valence electrons. The Hall–Kier alpha value is -0.752. The summed E-state index contributed by atoms with van der Waals surface area (Å²) in [6.07, 6.45) is 1.31. The van der Waals surface area contributed by atoms with Crippen molar-refractivity contribution in [3.8, 4) is 0 Å². The predicted molar refractivity (Wildman–Crippen MR) is 71.1 cm³/mol. The molecule has 0 bridgehead atoms. The smallest absolute Gasteiger partial charge is 0.328 e. The minimum Gasteiger partial charge on any atom is -0.419 e. The first-order chi connectivity index (χ1) is 9.08. The van der Waals surface area contributed by atoms with Crippen LogP contribution in [-0.4, -0.2) is 37.6 Å². The van der Waals surface area contributed by atoms with Crippen molar-refractivity contribution >= 4 is 0 Å². The monoisotopic (exact) mass is 467 g/mol. The third-order valence-corrected chi connectivity index (χ3v) is 4.47. The molecule has 2 heterocycles. The van der Waals surface area contributed by atoms with Crippen LogP contribution in [0.15, 0.2) is 21.9 Å². The van der Waals surface area contributed by atoms with Crippen molar-refractivity contribution < 1.29 is 36.0 Å². The number of H-pyrrole nitrogens is 1. The Morgan fingerprint density at radius 3 is 2.38 bits per heavy atom. The molecule has 3 atom stereocenters. The fraction of sp³-hybridized carbons (Fsp3) is 0.615. The van der Waals surface area contributed by atoms with E-state index in [4.69, 9.17) is 4.74 Å². The number of nitrogens with zero attached hydrogens (tertiary/aromatic N) is 1. The van der Waals surface area contributed by atoms with Crippen LogP contribution >= 0.6 is 0 Å². The maximum absolute atomic E-state index is 12.0. The van der Waals surface area contributed by atoms with Crippen LogP contribution in [0.2, 0.25) is 0 Å². The quantitative estimate of drug-likeness (QED) is 0.501. The first kappa shape index (κ1) is 18.3. The van der Waals surface area contributed by atoms with Gasteiger partial charge in [-0.3, -0.25) is 14.3 Å². The van der Waals surface area contributed by atoms with Gasteiger partial charge in [0.05, 0.1) is 12.2 Å². The maximum Gasteiger partial charge on any atom is 0.328 e. The maximum atomic E-state index is 12.0. The van der Waals surface area contributed by atoms with Crippen molar-refractivity contribution in [2.24, 2.45) is 0 Å². The number of aliphatic hydroxyl groups is 2. The zero-order chi connectivity index (χ0) is 15.3. The van der Waals surface area contributed by atoms with Gasteiger partial charge in [0.25, 0.3) is 5.56 Å². The fourth-order valence-electron chi connectivity index (χ4n) is 2.63. The fourth-order valence-corrected chi connectivity index (χ4v) is 2.63. The molecule has 7 nitrogen and oxygen atoms in total. The Kier molecular flexibility index (Phi) is 4.76. The van der Waals surface area contributed by atoms with Crippen LogP contribution in [0.1, 0.15) is 27.7 Å². The van der Waals surface area contributed by atoms with E-state index in [1.165, 1.54) is 23.8 Å². The van der Waals surface area contributed by atoms with Gasteiger partial charge in [0.1, 0.15) is 0 Å². The summed E-state index contributed by atoms with van der Waals surface area (Å²) in [5.74, 6) is 0.468. The van der Waals surface area contributed by atoms with E-state index in [1.54, 1.807) is 20.8 Å². The summed E-state index contributed by atoms with van der Waals surface area (Å²) in [6, 6.07) is 1.20. The van der Waals surface area contributed by atoms with Crippen molar-refractivity contribution in [2.45, 2.75) is 44.6 Å². The van der Waals surface area contributed by atoms with Gasteiger partial charge >= 0.3 is 5.69 Å². The van der Waals surface area contributed by atoms with Gasteiger partial charge in [0, 0.05) is 39.1 Å². The topological polar surface area (TPSA) is 105 Å². The molecular formula is C13H19N2O5W-. The molecule has 1 aliphatic heterocycles. The molecule has 0 aromatic carbocycles. The van der Waals surface area contributed by atoms with Crippen LogP contribution in [0, 0.1) is 5.92 Å². The number of aromatic amines is 1. The molecule has 0 amide bonds. The average molecular weight is 467 g/mol. The number of aliphatic hydroxyl groups excluding tert-OH is 1. The first-order valence-electron chi connectivity index (χ1n) is 6.29. The summed E-state index contributed by atoms with van der Waals surface area (Å²) < 4.78 is 7.02. The molecule has 1 aliphatic rings. The first-order valence-corrected chi connectivity index (χ1v) is 6.29. The molecule has 1 aromatic rings. The zero-order valence-corrected chi connectivity index (χ0v) is 15.3. The molecule has 21 heavy (non-hydrogen) atoms. The molecule has 8 heteroatoms. The number of aromatic nitrogens is 2. The van der Waals surface area contributed by atoms with Gasteiger partial charge in [0.15, 0.2) is 0 Å². The van der Waals surface area contributed by atoms with E-state index in [0.717, 1.165) is 0 Å². The van der Waals surface area contributed by atoms with Gasteiger partial charge in [0.2, 0.25) is 0 Å². The Morgan fingerprint density at radius 2 is 1.95 bits per heavy atom. The normalized spacial score (nSPS) is 36.5. The van der Waals surface area contributed by atoms with Gasteiger partial charge < -0.3 is 14.9 Å². The number of ether oxygens (including phenoxy) is 1. The second kappa shape index (κ2) is 5.46. The second-order valence-corrected chi connectivity index (χ2v) is 5.65. The van der Waals surface area contributed by atoms with Crippen LogP contribution in [-0.2, 0) is 31.5 Å². The van der Waals surface area contributed by atoms with Crippen LogP contribution in [0.5, 0.6) is 0 Å². The Morgan fingerprint density at radius 1 is 1.38 bits per heavy atom. The van der Waals surface area contributed by atoms with Crippen molar-refractivity contribution in [1.29, 1.82) is 0 Å². The van der Waals surface area contributed by atoms with Crippen LogP contribution < -0.4 is 11.2 Å². The Bertz CT molecular complexity index is 637. The summed E-state index contributed by atoms with van der Waals surface area (Å²) in [6.45, 7) is 5.94. The number of hydrogen-bond acceptors (Lipinski definition) is 5. The molecule has 0 radical (unpaired) electrons. The standard InChI is InChI=1S/C13H19N2O5.W/c1-8-12(3,19)11(2,7-16)20-13(8,4)15-6-5-9(17)14-10(15)18;/h5-6,16,19H,7H2,1-4H3,(H,14,17,18);/q-1;. The predicted octanol–water partition coefficient (Wildman–Crippen LogP) is -0.667. The summed E-state index contributed by atoms with van der Waals surface area (Å²) in [4.78, 5) is 25.3. The average Bonchev–Trinajstić information content (AvgIpc) is 2.49. The van der Waals surface area contributed by atoms with Gasteiger partial charge in [-0.2, -0.15) is 6.92 Å². The van der Waals surface area contributed by atoms with Crippen LogP contribution in [0.3, 0.4) is 0 Å². The molecule has 3 N–H and O–H groups in total. The molecule has 2 rings (SSSR count). The van der Waals surface area contributed by atoms with Crippen LogP contribution in [0.25, 0.3) is 0 Å². The molecule has 3 unspecified atom stereocenters. The summed E-state index contributed by atoms with van der Waals surface area (Å²) >= 11 is 0. The molecule has 1 saturated heterocycles. The molecule has 0 aliphatic carbocycles. The van der Waals surface area contributed by atoms with Gasteiger partial charge in [-0.25, -0.2) is 10.7 Å². The van der Waals surface area contributed by atoms with E-state index in [-0.39, 0.29) is 21.1 Å². The van der Waals surface area contributed by atoms with Gasteiger partial charge in [-0.1, -0.05) is 6.92 Å². The largest absolute Gasteiger partial charge is 0.419 e. The van der Waals surface area contributed by atoms with Gasteiger partial charge in [-0.15, -0.1) is 0 Å². The number of rotatable bonds is 2. The van der Waals surface area contributed by atoms with E-state index in [1.807, 2.05) is 0 Å².